The molecule has 1 aromatic rings. The maximum absolute atomic E-state index is 13.0. The first kappa shape index (κ1) is 14.2. The van der Waals surface area contributed by atoms with Crippen molar-refractivity contribution in [1.82, 2.24) is 14.7 Å². The predicted molar refractivity (Wildman–Crippen MR) is 76.6 cm³/mol. The van der Waals surface area contributed by atoms with Gasteiger partial charge in [-0.1, -0.05) is 0 Å². The summed E-state index contributed by atoms with van der Waals surface area (Å²) in [4.78, 5) is 14.5. The summed E-state index contributed by atoms with van der Waals surface area (Å²) in [5, 5.41) is 4.40. The monoisotopic (exact) mass is 309 g/mol. The molecule has 1 aromatic heterocycles. The summed E-state index contributed by atoms with van der Waals surface area (Å²) in [6.45, 7) is 2.02. The van der Waals surface area contributed by atoms with Crippen molar-refractivity contribution >= 4 is 5.91 Å². The Morgan fingerprint density at radius 2 is 1.86 bits per heavy atom. The van der Waals surface area contributed by atoms with Gasteiger partial charge in [0.05, 0.1) is 12.2 Å². The molecule has 0 aromatic carbocycles. The third-order valence-corrected chi connectivity index (χ3v) is 5.51. The van der Waals surface area contributed by atoms with Crippen LogP contribution in [-0.2, 0) is 4.79 Å². The molecule has 0 spiro atoms. The summed E-state index contributed by atoms with van der Waals surface area (Å²) in [5.74, 6) is -3.11. The molecular formula is C16H21F2N3O. The molecule has 6 heteroatoms. The van der Waals surface area contributed by atoms with Gasteiger partial charge in [0.1, 0.15) is 0 Å². The summed E-state index contributed by atoms with van der Waals surface area (Å²) < 4.78 is 28.1. The topological polar surface area (TPSA) is 38.1 Å². The summed E-state index contributed by atoms with van der Waals surface area (Å²) in [7, 11) is 0. The number of amides is 1. The van der Waals surface area contributed by atoms with Crippen LogP contribution in [0.5, 0.6) is 0 Å². The van der Waals surface area contributed by atoms with E-state index in [-0.39, 0.29) is 30.8 Å². The van der Waals surface area contributed by atoms with Crippen LogP contribution in [0.25, 0.3) is 0 Å². The first-order valence-electron chi connectivity index (χ1n) is 8.14. The first-order chi connectivity index (χ1) is 10.4. The predicted octanol–water partition coefficient (Wildman–Crippen LogP) is 2.93. The molecule has 2 unspecified atom stereocenters. The zero-order valence-electron chi connectivity index (χ0n) is 12.7. The van der Waals surface area contributed by atoms with Gasteiger partial charge < -0.3 is 4.90 Å². The molecule has 0 N–H and O–H groups in total. The second-order valence-electron chi connectivity index (χ2n) is 7.21. The van der Waals surface area contributed by atoms with Crippen molar-refractivity contribution in [2.75, 3.05) is 0 Å². The number of nitrogens with zero attached hydrogens (tertiary/aromatic N) is 3. The lowest BCUT2D eigenvalue weighted by Crippen LogP contribution is -2.53. The normalized spacial score (nSPS) is 33.8. The first-order valence-corrected chi connectivity index (χ1v) is 8.14. The van der Waals surface area contributed by atoms with Gasteiger partial charge in [-0.3, -0.25) is 9.48 Å². The van der Waals surface area contributed by atoms with Gasteiger partial charge in [-0.25, -0.2) is 8.78 Å². The molecule has 4 rings (SSSR count). The van der Waals surface area contributed by atoms with Crippen LogP contribution in [0.3, 0.4) is 0 Å². The number of halogens is 2. The van der Waals surface area contributed by atoms with E-state index in [9.17, 15) is 13.6 Å². The Balaban J connectivity index is 1.46. The molecular weight excluding hydrogens is 288 g/mol. The lowest BCUT2D eigenvalue weighted by Gasteiger charge is -2.43. The van der Waals surface area contributed by atoms with E-state index in [2.05, 4.69) is 5.10 Å². The van der Waals surface area contributed by atoms with Crippen molar-refractivity contribution in [2.24, 2.45) is 5.92 Å². The molecule has 2 aliphatic heterocycles. The van der Waals surface area contributed by atoms with Crippen molar-refractivity contribution in [2.45, 2.75) is 69.5 Å². The summed E-state index contributed by atoms with van der Waals surface area (Å²) in [5.41, 5.74) is 1.14. The molecule has 120 valence electrons. The van der Waals surface area contributed by atoms with E-state index in [1.165, 1.54) is 0 Å². The van der Waals surface area contributed by atoms with Crippen LogP contribution in [0.15, 0.2) is 12.4 Å². The minimum atomic E-state index is -2.62. The molecule has 4 nitrogen and oxygen atoms in total. The van der Waals surface area contributed by atoms with Gasteiger partial charge in [0.2, 0.25) is 11.8 Å². The molecule has 2 bridgehead atoms. The molecule has 2 atom stereocenters. The molecule has 1 aliphatic carbocycles. The second kappa shape index (κ2) is 4.77. The Morgan fingerprint density at radius 3 is 2.36 bits per heavy atom. The molecule has 3 aliphatic rings. The van der Waals surface area contributed by atoms with E-state index in [0.717, 1.165) is 31.2 Å². The van der Waals surface area contributed by atoms with E-state index in [0.29, 0.717) is 6.04 Å². The number of hydrogen-bond acceptors (Lipinski definition) is 2. The van der Waals surface area contributed by atoms with E-state index < -0.39 is 11.8 Å². The fourth-order valence-corrected chi connectivity index (χ4v) is 4.40. The van der Waals surface area contributed by atoms with Crippen molar-refractivity contribution in [1.29, 1.82) is 0 Å². The summed E-state index contributed by atoms with van der Waals surface area (Å²) >= 11 is 0. The molecule has 22 heavy (non-hydrogen) atoms. The van der Waals surface area contributed by atoms with Gasteiger partial charge in [0, 0.05) is 37.0 Å². The number of carbonyl (C=O) groups excluding carboxylic acids is 1. The minimum Gasteiger partial charge on any atom is -0.336 e. The van der Waals surface area contributed by atoms with Crippen LogP contribution in [-0.4, -0.2) is 38.6 Å². The minimum absolute atomic E-state index is 0.0338. The van der Waals surface area contributed by atoms with E-state index in [1.807, 2.05) is 28.9 Å². The third kappa shape index (κ3) is 2.23. The Morgan fingerprint density at radius 1 is 1.23 bits per heavy atom. The maximum Gasteiger partial charge on any atom is 0.249 e. The van der Waals surface area contributed by atoms with E-state index in [4.69, 9.17) is 0 Å². The van der Waals surface area contributed by atoms with Crippen LogP contribution < -0.4 is 0 Å². The molecule has 3 fully saturated rings. The van der Waals surface area contributed by atoms with Crippen LogP contribution >= 0.6 is 0 Å². The van der Waals surface area contributed by atoms with Gasteiger partial charge in [-0.15, -0.1) is 0 Å². The molecule has 1 amide bonds. The SMILES string of the molecule is Cc1cnn(C2CC3CCC(C2)N3C(=O)C2CC(F)(F)C2)c1. The van der Waals surface area contributed by atoms with Crippen LogP contribution in [0.2, 0.25) is 0 Å². The number of fused-ring (bicyclic) bond motifs is 2. The highest BCUT2D eigenvalue weighted by molar-refractivity contribution is 5.81. The molecule has 2 saturated heterocycles. The average molecular weight is 309 g/mol. The second-order valence-corrected chi connectivity index (χ2v) is 7.21. The van der Waals surface area contributed by atoms with Gasteiger partial charge in [-0.2, -0.15) is 5.10 Å². The Hall–Kier alpha value is -1.46. The molecule has 1 saturated carbocycles. The molecule has 3 heterocycles. The van der Waals surface area contributed by atoms with Gasteiger partial charge in [0.15, 0.2) is 0 Å². The summed E-state index contributed by atoms with van der Waals surface area (Å²) in [6, 6.07) is 0.739. The van der Waals surface area contributed by atoms with Gasteiger partial charge in [-0.05, 0) is 38.2 Å². The van der Waals surface area contributed by atoms with Gasteiger partial charge >= 0.3 is 0 Å². The number of piperidine rings is 1. The van der Waals surface area contributed by atoms with Crippen LogP contribution in [0, 0.1) is 12.8 Å². The smallest absolute Gasteiger partial charge is 0.249 e. The summed E-state index contributed by atoms with van der Waals surface area (Å²) in [6.07, 6.45) is 7.17. The molecule has 0 radical (unpaired) electrons. The van der Waals surface area contributed by atoms with Crippen molar-refractivity contribution < 1.29 is 13.6 Å². The van der Waals surface area contributed by atoms with Crippen molar-refractivity contribution in [3.63, 3.8) is 0 Å². The van der Waals surface area contributed by atoms with Crippen LogP contribution in [0.1, 0.15) is 50.1 Å². The average Bonchev–Trinajstić information content (AvgIpc) is 2.97. The van der Waals surface area contributed by atoms with E-state index >= 15 is 0 Å². The van der Waals surface area contributed by atoms with E-state index in [1.54, 1.807) is 0 Å². The standard InChI is InChI=1S/C16H21F2N3O/c1-10-8-19-20(9-10)14-4-12-2-3-13(5-14)21(12)15(22)11-6-16(17,18)7-11/h8-9,11-14H,2-7H2,1H3. The Bertz CT molecular complexity index is 578. The fourth-order valence-electron chi connectivity index (χ4n) is 4.40. The number of aryl methyl sites for hydroxylation is 1. The zero-order chi connectivity index (χ0) is 15.5. The fraction of sp³-hybridized carbons (Fsp3) is 0.750. The number of rotatable bonds is 2. The van der Waals surface area contributed by atoms with Gasteiger partial charge in [0.25, 0.3) is 0 Å². The Labute approximate surface area is 128 Å². The van der Waals surface area contributed by atoms with Crippen LogP contribution in [0.4, 0.5) is 8.78 Å². The highest BCUT2D eigenvalue weighted by Crippen LogP contribution is 2.47. The lowest BCUT2D eigenvalue weighted by molar-refractivity contribution is -0.164. The quantitative estimate of drug-likeness (QED) is 0.842. The van der Waals surface area contributed by atoms with Crippen molar-refractivity contribution in [3.8, 4) is 0 Å². The highest BCUT2D eigenvalue weighted by Gasteiger charge is 2.53. The maximum atomic E-state index is 13.0. The Kier molecular flexibility index (Phi) is 3.07. The number of alkyl halides is 2. The van der Waals surface area contributed by atoms with Crippen molar-refractivity contribution in [3.05, 3.63) is 18.0 Å². The third-order valence-electron chi connectivity index (χ3n) is 5.51. The lowest BCUT2D eigenvalue weighted by atomic mass is 9.79. The number of hydrogen-bond donors (Lipinski definition) is 0. The number of carbonyl (C=O) groups is 1. The zero-order valence-corrected chi connectivity index (χ0v) is 12.7. The largest absolute Gasteiger partial charge is 0.336 e. The highest BCUT2D eigenvalue weighted by atomic mass is 19.3. The number of aromatic nitrogens is 2.